The van der Waals surface area contributed by atoms with Gasteiger partial charge in [0.05, 0.1) is 11.7 Å². The molecule has 7 heteroatoms. The maximum Gasteiger partial charge on any atom is 0.224 e. The smallest absolute Gasteiger partial charge is 0.224 e. The van der Waals surface area contributed by atoms with E-state index in [0.717, 1.165) is 62.5 Å². The second kappa shape index (κ2) is 9.51. The van der Waals surface area contributed by atoms with E-state index in [0.29, 0.717) is 5.92 Å². The second-order valence-corrected chi connectivity index (χ2v) is 8.77. The van der Waals surface area contributed by atoms with Gasteiger partial charge in [-0.25, -0.2) is 9.97 Å². The zero-order valence-corrected chi connectivity index (χ0v) is 18.0. The van der Waals surface area contributed by atoms with Gasteiger partial charge in [-0.2, -0.15) is 0 Å². The minimum atomic E-state index is 0.00385. The van der Waals surface area contributed by atoms with Gasteiger partial charge in [0.15, 0.2) is 0 Å². The Bertz CT molecular complexity index is 813. The van der Waals surface area contributed by atoms with Crippen molar-refractivity contribution in [2.24, 2.45) is 11.8 Å². The highest BCUT2D eigenvalue weighted by molar-refractivity contribution is 5.79. The van der Waals surface area contributed by atoms with Gasteiger partial charge in [-0.15, -0.1) is 0 Å². The SMILES string of the molecule is CN(C)c1ncc(CN2CCC(C(NC(=O)C3CCC3)c3ccccn3)CC2)cn1. The van der Waals surface area contributed by atoms with Gasteiger partial charge in [0.1, 0.15) is 0 Å². The number of carbonyl (C=O) groups is 1. The number of anilines is 1. The molecule has 1 unspecified atom stereocenters. The third-order valence-electron chi connectivity index (χ3n) is 6.38. The molecule has 4 rings (SSSR count). The van der Waals surface area contributed by atoms with Crippen LogP contribution in [0.5, 0.6) is 0 Å². The van der Waals surface area contributed by atoms with Gasteiger partial charge in [0.2, 0.25) is 11.9 Å². The van der Waals surface area contributed by atoms with Crippen LogP contribution in [-0.2, 0) is 11.3 Å². The zero-order valence-electron chi connectivity index (χ0n) is 18.0. The lowest BCUT2D eigenvalue weighted by atomic mass is 9.83. The van der Waals surface area contributed by atoms with Crippen LogP contribution in [0.1, 0.15) is 49.4 Å². The molecule has 2 aromatic rings. The van der Waals surface area contributed by atoms with E-state index in [1.807, 2.05) is 55.8 Å². The van der Waals surface area contributed by atoms with Crippen LogP contribution in [0.25, 0.3) is 0 Å². The van der Waals surface area contributed by atoms with E-state index < -0.39 is 0 Å². The number of hydrogen-bond acceptors (Lipinski definition) is 6. The van der Waals surface area contributed by atoms with Crippen LogP contribution in [0.2, 0.25) is 0 Å². The molecule has 2 fully saturated rings. The van der Waals surface area contributed by atoms with Crippen LogP contribution < -0.4 is 10.2 Å². The van der Waals surface area contributed by atoms with E-state index in [4.69, 9.17) is 0 Å². The summed E-state index contributed by atoms with van der Waals surface area (Å²) in [5.74, 6) is 1.55. The standard InChI is InChI=1S/C23H32N6O/c1-28(2)23-25-14-17(15-26-23)16-29-12-9-18(10-13-29)21(20-8-3-4-11-24-20)27-22(30)19-6-5-7-19/h3-4,8,11,14-15,18-19,21H,5-7,9-10,12-13,16H2,1-2H3,(H,27,30). The largest absolute Gasteiger partial charge is 0.347 e. The first kappa shape index (κ1) is 20.7. The Morgan fingerprint density at radius 3 is 2.43 bits per heavy atom. The molecule has 0 bridgehead atoms. The molecule has 0 spiro atoms. The van der Waals surface area contributed by atoms with E-state index in [1.165, 1.54) is 6.42 Å². The first-order valence-corrected chi connectivity index (χ1v) is 11.0. The number of aromatic nitrogens is 3. The predicted octanol–water partition coefficient (Wildman–Crippen LogP) is 2.81. The molecule has 1 saturated heterocycles. The van der Waals surface area contributed by atoms with Crippen LogP contribution in [0.4, 0.5) is 5.95 Å². The topological polar surface area (TPSA) is 74.2 Å². The quantitative estimate of drug-likeness (QED) is 0.759. The summed E-state index contributed by atoms with van der Waals surface area (Å²) in [4.78, 5) is 30.4. The summed E-state index contributed by atoms with van der Waals surface area (Å²) >= 11 is 0. The Labute approximate surface area is 178 Å². The summed E-state index contributed by atoms with van der Waals surface area (Å²) in [6.45, 7) is 2.87. The van der Waals surface area contributed by atoms with E-state index >= 15 is 0 Å². The van der Waals surface area contributed by atoms with Crippen LogP contribution in [0, 0.1) is 11.8 Å². The van der Waals surface area contributed by atoms with Crippen LogP contribution in [0.15, 0.2) is 36.8 Å². The van der Waals surface area contributed by atoms with Crippen molar-refractivity contribution in [2.75, 3.05) is 32.1 Å². The molecule has 0 radical (unpaired) electrons. The van der Waals surface area contributed by atoms with Gasteiger partial charge in [0.25, 0.3) is 0 Å². The zero-order chi connectivity index (χ0) is 20.9. The van der Waals surface area contributed by atoms with Gasteiger partial charge in [-0.1, -0.05) is 12.5 Å². The summed E-state index contributed by atoms with van der Waals surface area (Å²) in [5, 5.41) is 3.34. The monoisotopic (exact) mass is 408 g/mol. The van der Waals surface area contributed by atoms with Crippen molar-refractivity contribution in [3.8, 4) is 0 Å². The second-order valence-electron chi connectivity index (χ2n) is 8.77. The molecule has 3 heterocycles. The van der Waals surface area contributed by atoms with Crippen molar-refractivity contribution in [1.29, 1.82) is 0 Å². The first-order valence-electron chi connectivity index (χ1n) is 11.0. The molecular weight excluding hydrogens is 376 g/mol. The molecule has 1 amide bonds. The van der Waals surface area contributed by atoms with Crippen LogP contribution in [0.3, 0.4) is 0 Å². The van der Waals surface area contributed by atoms with E-state index in [1.54, 1.807) is 0 Å². The molecule has 1 aliphatic heterocycles. The maximum atomic E-state index is 12.7. The van der Waals surface area contributed by atoms with Crippen molar-refractivity contribution in [1.82, 2.24) is 25.2 Å². The molecule has 1 N–H and O–H groups in total. The fourth-order valence-corrected chi connectivity index (χ4v) is 4.30. The Morgan fingerprint density at radius 1 is 1.13 bits per heavy atom. The van der Waals surface area contributed by atoms with Gasteiger partial charge < -0.3 is 10.2 Å². The summed E-state index contributed by atoms with van der Waals surface area (Å²) < 4.78 is 0. The minimum absolute atomic E-state index is 0.00385. The van der Waals surface area contributed by atoms with Crippen LogP contribution in [-0.4, -0.2) is 52.9 Å². The summed E-state index contributed by atoms with van der Waals surface area (Å²) in [5.41, 5.74) is 2.12. The molecule has 1 aliphatic carbocycles. The van der Waals surface area contributed by atoms with E-state index in [9.17, 15) is 4.79 Å². The van der Waals surface area contributed by atoms with Gasteiger partial charge in [0, 0.05) is 50.7 Å². The van der Waals surface area contributed by atoms with Gasteiger partial charge in [-0.3, -0.25) is 14.7 Å². The van der Waals surface area contributed by atoms with Crippen LogP contribution >= 0.6 is 0 Å². The molecule has 0 aromatic carbocycles. The molecular formula is C23H32N6O. The average molecular weight is 409 g/mol. The summed E-state index contributed by atoms with van der Waals surface area (Å²) in [6.07, 6.45) is 11.0. The first-order chi connectivity index (χ1) is 14.6. The molecule has 2 aromatic heterocycles. The molecule has 160 valence electrons. The highest BCUT2D eigenvalue weighted by Gasteiger charge is 2.33. The van der Waals surface area contributed by atoms with Crippen molar-refractivity contribution in [3.05, 3.63) is 48.0 Å². The van der Waals surface area contributed by atoms with Crippen molar-refractivity contribution >= 4 is 11.9 Å². The van der Waals surface area contributed by atoms with Crippen molar-refractivity contribution in [2.45, 2.75) is 44.7 Å². The highest BCUT2D eigenvalue weighted by Crippen LogP contribution is 2.33. The number of piperidine rings is 1. The predicted molar refractivity (Wildman–Crippen MR) is 117 cm³/mol. The van der Waals surface area contributed by atoms with Gasteiger partial charge in [-0.05, 0) is 56.8 Å². The molecule has 1 saturated carbocycles. The fraction of sp³-hybridized carbons (Fsp3) is 0.565. The number of likely N-dealkylation sites (tertiary alicyclic amines) is 1. The number of hydrogen-bond donors (Lipinski definition) is 1. The molecule has 7 nitrogen and oxygen atoms in total. The Morgan fingerprint density at radius 2 is 1.87 bits per heavy atom. The maximum absolute atomic E-state index is 12.7. The van der Waals surface area contributed by atoms with Crippen molar-refractivity contribution < 1.29 is 4.79 Å². The lowest BCUT2D eigenvalue weighted by Gasteiger charge is -2.37. The lowest BCUT2D eigenvalue weighted by molar-refractivity contribution is -0.128. The highest BCUT2D eigenvalue weighted by atomic mass is 16.2. The van der Waals surface area contributed by atoms with Crippen molar-refractivity contribution in [3.63, 3.8) is 0 Å². The number of nitrogens with one attached hydrogen (secondary N) is 1. The van der Waals surface area contributed by atoms with E-state index in [-0.39, 0.29) is 17.9 Å². The Kier molecular flexibility index (Phi) is 6.57. The third-order valence-corrected chi connectivity index (χ3v) is 6.38. The number of pyridine rings is 1. The fourth-order valence-electron chi connectivity index (χ4n) is 4.30. The Hall–Kier alpha value is -2.54. The lowest BCUT2D eigenvalue weighted by Crippen LogP contribution is -2.43. The minimum Gasteiger partial charge on any atom is -0.347 e. The Balaban J connectivity index is 1.36. The van der Waals surface area contributed by atoms with E-state index in [2.05, 4.69) is 25.2 Å². The number of rotatable bonds is 7. The number of amides is 1. The molecule has 2 aliphatic rings. The molecule has 30 heavy (non-hydrogen) atoms. The van der Waals surface area contributed by atoms with Gasteiger partial charge >= 0.3 is 0 Å². The average Bonchev–Trinajstić information content (AvgIpc) is 2.72. The molecule has 1 atom stereocenters. The third kappa shape index (κ3) is 4.95. The summed E-state index contributed by atoms with van der Waals surface area (Å²) in [6, 6.07) is 5.99. The normalized spacial score (nSPS) is 19.1. The number of nitrogens with zero attached hydrogens (tertiary/aromatic N) is 5. The summed E-state index contributed by atoms with van der Waals surface area (Å²) in [7, 11) is 3.89. The number of carbonyl (C=O) groups excluding carboxylic acids is 1.